The van der Waals surface area contributed by atoms with Crippen molar-refractivity contribution in [3.8, 4) is 0 Å². The molecule has 0 radical (unpaired) electrons. The molecule has 0 bridgehead atoms. The Morgan fingerprint density at radius 3 is 1.75 bits per heavy atom. The summed E-state index contributed by atoms with van der Waals surface area (Å²) < 4.78 is 60.9. The molecule has 8 fully saturated rings. The minimum absolute atomic E-state index is 0.00805. The normalized spacial score (nSPS) is 48.4. The number of aliphatic carboxylic acids is 1. The zero-order valence-corrected chi connectivity index (χ0v) is 55.1. The van der Waals surface area contributed by atoms with Crippen molar-refractivity contribution >= 4 is 23.9 Å². The van der Waals surface area contributed by atoms with Crippen molar-refractivity contribution < 1.29 is 128 Å². The summed E-state index contributed by atoms with van der Waals surface area (Å²) in [6, 6.07) is 0. The number of rotatable bonds is 17. The maximum Gasteiger partial charge on any atom is 0.335 e. The summed E-state index contributed by atoms with van der Waals surface area (Å²) in [5, 5.41) is 135. The van der Waals surface area contributed by atoms with E-state index >= 15 is 0 Å². The molecule has 4 aliphatic heterocycles. The topological polar surface area (TPSA) is 403 Å². The maximum absolute atomic E-state index is 13.4. The van der Waals surface area contributed by atoms with Gasteiger partial charge >= 0.3 is 23.9 Å². The molecule has 4 heterocycles. The van der Waals surface area contributed by atoms with Crippen LogP contribution >= 0.6 is 0 Å². The van der Waals surface area contributed by atoms with Crippen LogP contribution in [0.15, 0.2) is 34.9 Å². The quantitative estimate of drug-likeness (QED) is 0.0322. The molecule has 92 heavy (non-hydrogen) atoms. The van der Waals surface area contributed by atoms with Crippen molar-refractivity contribution in [1.82, 2.24) is 0 Å². The highest BCUT2D eigenvalue weighted by Gasteiger charge is 2.73. The fourth-order valence-electron chi connectivity index (χ4n) is 18.5. The van der Waals surface area contributed by atoms with Crippen LogP contribution in [0.2, 0.25) is 0 Å². The van der Waals surface area contributed by atoms with Gasteiger partial charge in [-0.05, 0) is 137 Å². The van der Waals surface area contributed by atoms with Gasteiger partial charge in [-0.1, -0.05) is 72.3 Å². The van der Waals surface area contributed by atoms with Crippen LogP contribution in [0.4, 0.5) is 0 Å². The predicted molar refractivity (Wildman–Crippen MR) is 319 cm³/mol. The lowest BCUT2D eigenvalue weighted by Gasteiger charge is -2.73. The van der Waals surface area contributed by atoms with Crippen molar-refractivity contribution in [2.24, 2.45) is 56.2 Å². The predicted octanol–water partition coefficient (Wildman–Crippen LogP) is 1.38. The Morgan fingerprint density at radius 2 is 1.18 bits per heavy atom. The van der Waals surface area contributed by atoms with E-state index < -0.39 is 216 Å². The van der Waals surface area contributed by atoms with E-state index in [1.54, 1.807) is 46.8 Å². The Labute approximate surface area is 537 Å². The number of carbonyl (C=O) groups excluding carboxylic acids is 3. The smallest absolute Gasteiger partial charge is 0.335 e. The zero-order chi connectivity index (χ0) is 68.0. The Kier molecular flexibility index (Phi) is 21.3. The van der Waals surface area contributed by atoms with Crippen molar-refractivity contribution in [1.29, 1.82) is 0 Å². The first-order valence-corrected chi connectivity index (χ1v) is 32.6. The number of carboxylic acids is 1. The molecule has 9 rings (SSSR count). The van der Waals surface area contributed by atoms with Crippen molar-refractivity contribution in [3.05, 3.63) is 34.9 Å². The molecular formula is C66H102O26. The second-order valence-corrected chi connectivity index (χ2v) is 29.8. The van der Waals surface area contributed by atoms with Crippen LogP contribution in [0, 0.1) is 56.2 Å². The summed E-state index contributed by atoms with van der Waals surface area (Å²) in [4.78, 5) is 52.5. The number of fused-ring (bicyclic) bond motifs is 7. The first-order chi connectivity index (χ1) is 42.9. The first kappa shape index (κ1) is 72.6. The third-order valence-electron chi connectivity index (χ3n) is 24.3. The number of carbonyl (C=O) groups is 4. The van der Waals surface area contributed by atoms with Crippen LogP contribution in [0.3, 0.4) is 0 Å². The lowest BCUT2D eigenvalue weighted by Crippen LogP contribution is -2.71. The monoisotopic (exact) mass is 1310 g/mol. The molecule has 9 aliphatic rings. The van der Waals surface area contributed by atoms with E-state index in [0.717, 1.165) is 5.57 Å². The lowest BCUT2D eigenvalue weighted by atomic mass is 9.32. The highest BCUT2D eigenvalue weighted by molar-refractivity contribution is 5.88. The van der Waals surface area contributed by atoms with Gasteiger partial charge in [0.05, 0.1) is 49.1 Å². The molecule has 5 aliphatic carbocycles. The number of ether oxygens (including phenoxy) is 10. The zero-order valence-electron chi connectivity index (χ0n) is 55.1. The van der Waals surface area contributed by atoms with E-state index in [9.17, 15) is 80.5 Å². The van der Waals surface area contributed by atoms with Gasteiger partial charge in [0.25, 0.3) is 0 Å². The Morgan fingerprint density at radius 1 is 0.620 bits per heavy atom. The van der Waals surface area contributed by atoms with Gasteiger partial charge in [0.1, 0.15) is 73.8 Å². The molecule has 0 aromatic heterocycles. The average Bonchev–Trinajstić information content (AvgIpc) is 0.773. The minimum Gasteiger partial charge on any atom is -0.479 e. The van der Waals surface area contributed by atoms with E-state index in [4.69, 9.17) is 47.4 Å². The molecule has 0 spiro atoms. The van der Waals surface area contributed by atoms with E-state index in [0.29, 0.717) is 44.1 Å². The fourth-order valence-corrected chi connectivity index (χ4v) is 18.5. The number of allylic oxidation sites excluding steroid dienone is 4. The van der Waals surface area contributed by atoms with Gasteiger partial charge in [0.15, 0.2) is 37.2 Å². The van der Waals surface area contributed by atoms with E-state index in [1.807, 2.05) is 27.7 Å². The van der Waals surface area contributed by atoms with Crippen LogP contribution in [-0.2, 0) is 66.5 Å². The summed E-state index contributed by atoms with van der Waals surface area (Å²) >= 11 is 0. The molecule has 0 aromatic rings. The van der Waals surface area contributed by atoms with Gasteiger partial charge in [0.2, 0.25) is 0 Å². The minimum atomic E-state index is -2.13. The summed E-state index contributed by atoms with van der Waals surface area (Å²) in [5.41, 5.74) is -2.96. The highest BCUT2D eigenvalue weighted by Crippen LogP contribution is 2.76. The Balaban J connectivity index is 1.01. The number of hydrogen-bond donors (Lipinski definition) is 12. The number of carboxylic acid groups (broad SMARTS) is 1. The van der Waals surface area contributed by atoms with Gasteiger partial charge in [0, 0.05) is 18.1 Å². The standard InChI is InChI=1S/C66H102O26/c1-14-28(3)56(81)88-49-30(5)84-35(44(73)50(49)89-57(82)29(4)15-2)22-33-54(78)66(27-83-31(6)69)34(23-61(33,7)8)32-16-17-39-63(11)20-19-41(62(9,10)38(63)18-21-64(39,12)65(32,13)24-40(66)70)87-60-53(92-59-47(76)45(74)42(71)36(25-67)85-59)51(48(77)52(91-60)55(79)80)90-58-46(75)43(72)37(26-68)86-58/h14-16,30,33-54,58-60,67-68,70-78H,17-27H2,1-13H3,(H,79,80)/b28-14-,29-15-/t30?,33-,34?,35-,36?,37-,38?,39?,40+,41-,42-,43+,44?,45+,46?,47?,48-,49-,50+,51+,52?,53?,54-,58-,59-,60+,63-,64+,65+,66-/m0/s1. The van der Waals surface area contributed by atoms with E-state index in [-0.39, 0.29) is 36.9 Å². The van der Waals surface area contributed by atoms with Crippen molar-refractivity contribution in [3.63, 3.8) is 0 Å². The van der Waals surface area contributed by atoms with Crippen LogP contribution in [0.1, 0.15) is 141 Å². The highest BCUT2D eigenvalue weighted by atomic mass is 16.8. The van der Waals surface area contributed by atoms with Crippen LogP contribution < -0.4 is 0 Å². The molecule has 0 aromatic carbocycles. The van der Waals surface area contributed by atoms with E-state index in [1.165, 1.54) is 6.92 Å². The molecular weight excluding hydrogens is 1210 g/mol. The van der Waals surface area contributed by atoms with Gasteiger partial charge in [-0.3, -0.25) is 4.79 Å². The molecule has 12 N–H and O–H groups in total. The molecule has 0 amide bonds. The van der Waals surface area contributed by atoms with Gasteiger partial charge in [-0.2, -0.15) is 0 Å². The van der Waals surface area contributed by atoms with Gasteiger partial charge < -0.3 is 109 Å². The van der Waals surface area contributed by atoms with Crippen LogP contribution in [0.5, 0.6) is 0 Å². The third-order valence-corrected chi connectivity index (χ3v) is 24.3. The molecule has 4 saturated carbocycles. The summed E-state index contributed by atoms with van der Waals surface area (Å²) in [6.45, 7) is 22.4. The van der Waals surface area contributed by atoms with Gasteiger partial charge in [-0.25, -0.2) is 14.4 Å². The fraction of sp³-hybridized carbons (Fsp3) is 0.848. The summed E-state index contributed by atoms with van der Waals surface area (Å²) in [6.07, 6.45) is -26.0. The largest absolute Gasteiger partial charge is 0.479 e. The second-order valence-electron chi connectivity index (χ2n) is 29.8. The summed E-state index contributed by atoms with van der Waals surface area (Å²) in [5.74, 6) is -5.01. The van der Waals surface area contributed by atoms with Crippen molar-refractivity contribution in [2.45, 2.75) is 276 Å². The van der Waals surface area contributed by atoms with Gasteiger partial charge in [-0.15, -0.1) is 0 Å². The second kappa shape index (κ2) is 27.0. The maximum atomic E-state index is 13.4. The lowest BCUT2D eigenvalue weighted by molar-refractivity contribution is -0.386. The van der Waals surface area contributed by atoms with Crippen LogP contribution in [-0.4, -0.2) is 240 Å². The first-order valence-electron chi connectivity index (χ1n) is 32.6. The number of esters is 3. The van der Waals surface area contributed by atoms with Crippen LogP contribution in [0.25, 0.3) is 0 Å². The average molecular weight is 1310 g/mol. The number of aliphatic hydroxyl groups excluding tert-OH is 11. The number of aliphatic hydroxyl groups is 11. The molecule has 26 nitrogen and oxygen atoms in total. The molecule has 522 valence electrons. The molecule has 30 atom stereocenters. The third kappa shape index (κ3) is 12.3. The SMILES string of the molecule is C/C=C(/C)C(=O)O[C@@H]1C(O)[C@H](C[C@H]2[C@H](O)[C@@]3(COC(C)=O)C(CC2(C)C)C2=CCC4[C@@]5(C)CC[C@H](O[C@@H]6OC(C(=O)O)[C@@H](O)[C@@H](O[C@@H]7O[C@@H](CO)[C@@H](O)C7O)C6O[C@@H]6OC(CO)[C@H](O)[C@@H](O)C6O)C(C)(C)C5CC[C@@]4(C)[C@]2(C)C[C@H]3O)OC(C)[C@@H]1OC(=O)/C(C)=C\C. The van der Waals surface area contributed by atoms with Crippen molar-refractivity contribution in [2.75, 3.05) is 19.8 Å². The Bertz CT molecular complexity index is 2790. The number of hydrogen-bond acceptors (Lipinski definition) is 25. The molecule has 10 unspecified atom stereocenters. The molecule has 26 heteroatoms. The Hall–Kier alpha value is -3.62. The summed E-state index contributed by atoms with van der Waals surface area (Å²) in [7, 11) is 0. The molecule has 4 saturated heterocycles. The van der Waals surface area contributed by atoms with E-state index in [2.05, 4.69) is 26.8 Å².